The maximum Gasteiger partial charge on any atom is 0.240 e. The van der Waals surface area contributed by atoms with Crippen molar-refractivity contribution < 1.29 is 8.42 Å². The summed E-state index contributed by atoms with van der Waals surface area (Å²) in [5.74, 6) is 0. The Labute approximate surface area is 102 Å². The number of thioether (sulfide) groups is 1. The van der Waals surface area contributed by atoms with Crippen molar-refractivity contribution in [3.63, 3.8) is 0 Å². The molecule has 0 fully saturated rings. The molecule has 0 amide bonds. The van der Waals surface area contributed by atoms with Crippen molar-refractivity contribution in [1.82, 2.24) is 4.72 Å². The van der Waals surface area contributed by atoms with Crippen molar-refractivity contribution in [3.05, 3.63) is 30.3 Å². The average molecular weight is 259 g/mol. The monoisotopic (exact) mass is 259 g/mol. The second-order valence-corrected chi connectivity index (χ2v) is 7.38. The van der Waals surface area contributed by atoms with Gasteiger partial charge in [-0.25, -0.2) is 13.1 Å². The molecule has 0 atom stereocenters. The summed E-state index contributed by atoms with van der Waals surface area (Å²) in [7, 11) is -3.37. The van der Waals surface area contributed by atoms with E-state index in [1.807, 2.05) is 20.1 Å². The summed E-state index contributed by atoms with van der Waals surface area (Å²) in [6.07, 6.45) is 1.97. The van der Waals surface area contributed by atoms with Crippen LogP contribution in [0.1, 0.15) is 13.8 Å². The molecule has 0 heterocycles. The second-order valence-electron chi connectivity index (χ2n) is 4.10. The largest absolute Gasteiger partial charge is 0.240 e. The molecule has 0 spiro atoms. The van der Waals surface area contributed by atoms with Gasteiger partial charge in [0.2, 0.25) is 10.0 Å². The van der Waals surface area contributed by atoms with Crippen LogP contribution in [0, 0.1) is 0 Å². The van der Waals surface area contributed by atoms with Gasteiger partial charge in [0.25, 0.3) is 0 Å². The van der Waals surface area contributed by atoms with Crippen LogP contribution in [0.5, 0.6) is 0 Å². The van der Waals surface area contributed by atoms with Crippen LogP contribution < -0.4 is 4.72 Å². The van der Waals surface area contributed by atoms with E-state index in [-0.39, 0.29) is 4.75 Å². The highest BCUT2D eigenvalue weighted by atomic mass is 32.2. The van der Waals surface area contributed by atoms with E-state index >= 15 is 0 Å². The molecule has 3 nitrogen and oxygen atoms in total. The van der Waals surface area contributed by atoms with Crippen LogP contribution in [0.3, 0.4) is 0 Å². The number of sulfonamides is 1. The normalized spacial score (nSPS) is 12.7. The molecule has 0 aromatic heterocycles. The van der Waals surface area contributed by atoms with Gasteiger partial charge < -0.3 is 0 Å². The SMILES string of the molecule is CSC(C)(C)CNS(=O)(=O)c1ccccc1. The van der Waals surface area contributed by atoms with Gasteiger partial charge >= 0.3 is 0 Å². The van der Waals surface area contributed by atoms with E-state index in [4.69, 9.17) is 0 Å². The van der Waals surface area contributed by atoms with Gasteiger partial charge in [0.1, 0.15) is 0 Å². The molecule has 1 aromatic rings. The third-order valence-electron chi connectivity index (χ3n) is 2.29. The fourth-order valence-corrected chi connectivity index (χ4v) is 2.56. The minimum atomic E-state index is -3.37. The van der Waals surface area contributed by atoms with Crippen LogP contribution in [0.2, 0.25) is 0 Å². The molecule has 1 aromatic carbocycles. The fraction of sp³-hybridized carbons (Fsp3) is 0.455. The van der Waals surface area contributed by atoms with Gasteiger partial charge in [0.15, 0.2) is 0 Å². The molecule has 0 radical (unpaired) electrons. The Hall–Kier alpha value is -0.520. The van der Waals surface area contributed by atoms with Crippen molar-refractivity contribution in [1.29, 1.82) is 0 Å². The lowest BCUT2D eigenvalue weighted by atomic mass is 10.2. The Morgan fingerprint density at radius 1 is 1.25 bits per heavy atom. The zero-order valence-corrected chi connectivity index (χ0v) is 11.4. The van der Waals surface area contributed by atoms with E-state index in [1.165, 1.54) is 0 Å². The first-order valence-electron chi connectivity index (χ1n) is 4.97. The summed E-state index contributed by atoms with van der Waals surface area (Å²) in [4.78, 5) is 0.312. The maximum absolute atomic E-state index is 11.9. The van der Waals surface area contributed by atoms with Gasteiger partial charge in [-0.2, -0.15) is 11.8 Å². The van der Waals surface area contributed by atoms with Crippen LogP contribution in [0.4, 0.5) is 0 Å². The highest BCUT2D eigenvalue weighted by Crippen LogP contribution is 2.20. The Bertz CT molecular complexity index is 427. The number of nitrogens with one attached hydrogen (secondary N) is 1. The summed E-state index contributed by atoms with van der Waals surface area (Å²) < 4.78 is 26.3. The fourth-order valence-electron chi connectivity index (χ4n) is 1.02. The van der Waals surface area contributed by atoms with Gasteiger partial charge in [-0.15, -0.1) is 0 Å². The Kier molecular flexibility index (Phi) is 4.41. The number of benzene rings is 1. The van der Waals surface area contributed by atoms with Crippen molar-refractivity contribution in [2.45, 2.75) is 23.5 Å². The molecule has 0 unspecified atom stereocenters. The van der Waals surface area contributed by atoms with E-state index in [1.54, 1.807) is 42.1 Å². The lowest BCUT2D eigenvalue weighted by Gasteiger charge is -2.22. The van der Waals surface area contributed by atoms with Gasteiger partial charge in [-0.05, 0) is 32.2 Å². The van der Waals surface area contributed by atoms with E-state index in [0.29, 0.717) is 11.4 Å². The Morgan fingerprint density at radius 3 is 2.31 bits per heavy atom. The number of hydrogen-bond acceptors (Lipinski definition) is 3. The molecule has 1 N–H and O–H groups in total. The Balaban J connectivity index is 2.75. The third kappa shape index (κ3) is 3.81. The van der Waals surface area contributed by atoms with E-state index < -0.39 is 10.0 Å². The molecule has 0 aliphatic rings. The van der Waals surface area contributed by atoms with Crippen LogP contribution >= 0.6 is 11.8 Å². The highest BCUT2D eigenvalue weighted by Gasteiger charge is 2.20. The molecule has 0 saturated carbocycles. The quantitative estimate of drug-likeness (QED) is 0.881. The van der Waals surface area contributed by atoms with Crippen LogP contribution in [-0.2, 0) is 10.0 Å². The van der Waals surface area contributed by atoms with Gasteiger partial charge in [-0.1, -0.05) is 18.2 Å². The maximum atomic E-state index is 11.9. The molecule has 0 bridgehead atoms. The molecule has 0 saturated heterocycles. The zero-order valence-electron chi connectivity index (χ0n) is 9.73. The molecule has 16 heavy (non-hydrogen) atoms. The summed E-state index contributed by atoms with van der Waals surface area (Å²) in [5, 5.41) is 0. The molecular weight excluding hydrogens is 242 g/mol. The summed E-state index contributed by atoms with van der Waals surface area (Å²) in [5.41, 5.74) is 0. The van der Waals surface area contributed by atoms with Gasteiger partial charge in [-0.3, -0.25) is 0 Å². The van der Waals surface area contributed by atoms with Crippen molar-refractivity contribution in [3.8, 4) is 0 Å². The third-order valence-corrected chi connectivity index (χ3v) is 4.96. The highest BCUT2D eigenvalue weighted by molar-refractivity contribution is 8.00. The van der Waals surface area contributed by atoms with E-state index in [0.717, 1.165) is 0 Å². The molecule has 5 heteroatoms. The smallest absolute Gasteiger partial charge is 0.210 e. The van der Waals surface area contributed by atoms with Crippen molar-refractivity contribution in [2.75, 3.05) is 12.8 Å². The van der Waals surface area contributed by atoms with Crippen LogP contribution in [0.15, 0.2) is 35.2 Å². The molecule has 0 aliphatic carbocycles. The van der Waals surface area contributed by atoms with Gasteiger partial charge in [0, 0.05) is 11.3 Å². The van der Waals surface area contributed by atoms with Crippen molar-refractivity contribution >= 4 is 21.8 Å². The van der Waals surface area contributed by atoms with Gasteiger partial charge in [0.05, 0.1) is 4.90 Å². The summed E-state index contributed by atoms with van der Waals surface area (Å²) in [6.45, 7) is 4.43. The first kappa shape index (κ1) is 13.5. The molecule has 90 valence electrons. The second kappa shape index (κ2) is 5.21. The lowest BCUT2D eigenvalue weighted by Crippen LogP contribution is -2.36. The first-order valence-corrected chi connectivity index (χ1v) is 7.68. The van der Waals surface area contributed by atoms with Crippen LogP contribution in [0.25, 0.3) is 0 Å². The Morgan fingerprint density at radius 2 is 1.81 bits per heavy atom. The van der Waals surface area contributed by atoms with Crippen molar-refractivity contribution in [2.24, 2.45) is 0 Å². The summed E-state index contributed by atoms with van der Waals surface area (Å²) in [6, 6.07) is 8.41. The molecule has 0 aliphatic heterocycles. The number of hydrogen-bond donors (Lipinski definition) is 1. The molecular formula is C11H17NO2S2. The molecule has 1 rings (SSSR count). The average Bonchev–Trinajstić information content (AvgIpc) is 2.28. The minimum absolute atomic E-state index is 0.0954. The number of rotatable bonds is 5. The zero-order chi connectivity index (χ0) is 12.2. The summed E-state index contributed by atoms with van der Waals surface area (Å²) >= 11 is 1.64. The van der Waals surface area contributed by atoms with Crippen LogP contribution in [-0.4, -0.2) is 26.0 Å². The standard InChI is InChI=1S/C11H17NO2S2/c1-11(2,15-3)9-12-16(13,14)10-7-5-4-6-8-10/h4-8,12H,9H2,1-3H3. The predicted molar refractivity (Wildman–Crippen MR) is 69.2 cm³/mol. The minimum Gasteiger partial charge on any atom is -0.210 e. The van der Waals surface area contributed by atoms with E-state index in [2.05, 4.69) is 4.72 Å². The first-order chi connectivity index (χ1) is 7.37. The lowest BCUT2D eigenvalue weighted by molar-refractivity contribution is 0.571. The van der Waals surface area contributed by atoms with E-state index in [9.17, 15) is 8.42 Å². The predicted octanol–water partition coefficient (Wildman–Crippen LogP) is 2.11. The topological polar surface area (TPSA) is 46.2 Å².